The Balaban J connectivity index is 2.92. The molecule has 0 aliphatic rings. The summed E-state index contributed by atoms with van der Waals surface area (Å²) in [6.45, 7) is 1.98. The molecule has 0 fully saturated rings. The van der Waals surface area contributed by atoms with E-state index in [-0.39, 0.29) is 0 Å². The molecule has 0 radical (unpaired) electrons. The highest BCUT2D eigenvalue weighted by Gasteiger charge is 2.07. The number of hydrogen-bond acceptors (Lipinski definition) is 2. The van der Waals surface area contributed by atoms with Gasteiger partial charge in [-0.3, -0.25) is 4.79 Å². The van der Waals surface area contributed by atoms with Gasteiger partial charge in [-0.1, -0.05) is 0 Å². The first kappa shape index (κ1) is 8.91. The maximum absolute atomic E-state index is 10.8. The van der Waals surface area contributed by atoms with Gasteiger partial charge >= 0.3 is 0 Å². The van der Waals surface area contributed by atoms with Crippen molar-refractivity contribution < 1.29 is 4.79 Å². The lowest BCUT2D eigenvalue weighted by Gasteiger charge is -2.02. The van der Waals surface area contributed by atoms with Crippen molar-refractivity contribution in [3.63, 3.8) is 0 Å². The predicted octanol–water partition coefficient (Wildman–Crippen LogP) is 3.78. The molecule has 2 aromatic rings. The number of hydrogen-bond donors (Lipinski definition) is 0. The molecule has 0 amide bonds. The zero-order chi connectivity index (χ0) is 9.42. The molecule has 66 valence electrons. The minimum absolute atomic E-state index is 0.755. The van der Waals surface area contributed by atoms with Crippen molar-refractivity contribution in [2.24, 2.45) is 0 Å². The lowest BCUT2D eigenvalue weighted by atomic mass is 10.1. The Labute approximate surface area is 88.5 Å². The minimum Gasteiger partial charge on any atom is -0.298 e. The molecule has 0 bridgehead atoms. The van der Waals surface area contributed by atoms with Gasteiger partial charge in [0.25, 0.3) is 0 Å². The van der Waals surface area contributed by atoms with E-state index >= 15 is 0 Å². The summed E-state index contributed by atoms with van der Waals surface area (Å²) in [5, 5.41) is 3.22. The molecule has 0 unspecified atom stereocenters. The first-order valence-electron chi connectivity index (χ1n) is 3.85. The van der Waals surface area contributed by atoms with Crippen molar-refractivity contribution in [1.82, 2.24) is 0 Å². The molecule has 0 spiro atoms. The average molecular weight is 255 g/mol. The molecular formula is C10H7BrOS. The minimum atomic E-state index is 0.755. The summed E-state index contributed by atoms with van der Waals surface area (Å²) in [4.78, 5) is 10.8. The van der Waals surface area contributed by atoms with Gasteiger partial charge in [-0.15, -0.1) is 11.3 Å². The van der Waals surface area contributed by atoms with Crippen LogP contribution in [0.3, 0.4) is 0 Å². The van der Waals surface area contributed by atoms with E-state index in [0.29, 0.717) is 0 Å². The molecule has 0 saturated carbocycles. The second-order valence-corrected chi connectivity index (χ2v) is 4.65. The van der Waals surface area contributed by atoms with Crippen LogP contribution in [0.15, 0.2) is 22.0 Å². The van der Waals surface area contributed by atoms with E-state index in [1.54, 1.807) is 11.3 Å². The molecule has 1 aromatic carbocycles. The van der Waals surface area contributed by atoms with E-state index in [4.69, 9.17) is 0 Å². The first-order valence-corrected chi connectivity index (χ1v) is 5.53. The summed E-state index contributed by atoms with van der Waals surface area (Å²) in [6, 6.07) is 4.05. The number of aldehydes is 1. The fourth-order valence-electron chi connectivity index (χ4n) is 1.40. The summed E-state index contributed by atoms with van der Waals surface area (Å²) >= 11 is 5.08. The normalized spacial score (nSPS) is 10.6. The zero-order valence-corrected chi connectivity index (χ0v) is 9.41. The summed E-state index contributed by atoms with van der Waals surface area (Å²) in [5.41, 5.74) is 1.81. The first-order chi connectivity index (χ1) is 6.24. The van der Waals surface area contributed by atoms with Crippen LogP contribution in [0, 0.1) is 6.92 Å². The topological polar surface area (TPSA) is 17.1 Å². The fourth-order valence-corrected chi connectivity index (χ4v) is 3.06. The summed E-state index contributed by atoms with van der Waals surface area (Å²) in [7, 11) is 0. The van der Waals surface area contributed by atoms with Crippen molar-refractivity contribution in [2.45, 2.75) is 6.92 Å². The molecular weight excluding hydrogens is 248 g/mol. The molecule has 1 aromatic heterocycles. The number of carbonyl (C=O) groups is 1. The number of halogens is 1. The van der Waals surface area contributed by atoms with Crippen LogP contribution in [0.1, 0.15) is 15.9 Å². The quantitative estimate of drug-likeness (QED) is 0.708. The van der Waals surface area contributed by atoms with Crippen LogP contribution in [0.25, 0.3) is 10.1 Å². The van der Waals surface area contributed by atoms with E-state index in [2.05, 4.69) is 22.0 Å². The van der Waals surface area contributed by atoms with Gasteiger partial charge in [0.2, 0.25) is 0 Å². The van der Waals surface area contributed by atoms with E-state index in [1.807, 2.05) is 18.4 Å². The third kappa shape index (κ3) is 1.32. The van der Waals surface area contributed by atoms with Crippen molar-refractivity contribution in [1.29, 1.82) is 0 Å². The number of aryl methyl sites for hydroxylation is 1. The van der Waals surface area contributed by atoms with Gasteiger partial charge < -0.3 is 0 Å². The van der Waals surface area contributed by atoms with Gasteiger partial charge in [0.05, 0.1) is 0 Å². The predicted molar refractivity (Wildman–Crippen MR) is 59.6 cm³/mol. The van der Waals surface area contributed by atoms with Gasteiger partial charge in [-0.05, 0) is 51.3 Å². The Morgan fingerprint density at radius 1 is 1.54 bits per heavy atom. The molecule has 0 saturated heterocycles. The van der Waals surface area contributed by atoms with Gasteiger partial charge in [-0.2, -0.15) is 0 Å². The smallest absolute Gasteiger partial charge is 0.151 e. The molecule has 0 aliphatic heterocycles. The SMILES string of the molecule is Cc1c(C=O)c(Br)cc2sccc12. The molecule has 0 atom stereocenters. The van der Waals surface area contributed by atoms with Crippen LogP contribution >= 0.6 is 27.3 Å². The highest BCUT2D eigenvalue weighted by molar-refractivity contribution is 9.10. The monoisotopic (exact) mass is 254 g/mol. The molecule has 0 aliphatic carbocycles. The standard InChI is InChI=1S/C10H7BrOS/c1-6-7-2-3-13-10(7)4-9(11)8(6)5-12/h2-5H,1H3. The lowest BCUT2D eigenvalue weighted by molar-refractivity contribution is 0.112. The van der Waals surface area contributed by atoms with Crippen molar-refractivity contribution >= 4 is 43.6 Å². The van der Waals surface area contributed by atoms with Crippen LogP contribution < -0.4 is 0 Å². The zero-order valence-electron chi connectivity index (χ0n) is 7.00. The van der Waals surface area contributed by atoms with Crippen LogP contribution in [-0.2, 0) is 0 Å². The Morgan fingerprint density at radius 3 is 3.00 bits per heavy atom. The summed E-state index contributed by atoms with van der Waals surface area (Å²) in [6.07, 6.45) is 0.899. The third-order valence-corrected chi connectivity index (χ3v) is 3.66. The largest absolute Gasteiger partial charge is 0.298 e. The summed E-state index contributed by atoms with van der Waals surface area (Å²) < 4.78 is 2.10. The average Bonchev–Trinajstić information content (AvgIpc) is 2.53. The second-order valence-electron chi connectivity index (χ2n) is 2.85. The maximum Gasteiger partial charge on any atom is 0.151 e. The van der Waals surface area contributed by atoms with E-state index in [0.717, 1.165) is 21.9 Å². The Morgan fingerprint density at radius 2 is 2.31 bits per heavy atom. The Kier molecular flexibility index (Phi) is 2.22. The van der Waals surface area contributed by atoms with Gasteiger partial charge in [0, 0.05) is 14.7 Å². The fraction of sp³-hybridized carbons (Fsp3) is 0.100. The Bertz CT molecular complexity index is 473. The van der Waals surface area contributed by atoms with E-state index < -0.39 is 0 Å². The maximum atomic E-state index is 10.8. The number of fused-ring (bicyclic) bond motifs is 1. The number of thiophene rings is 1. The van der Waals surface area contributed by atoms with Crippen LogP contribution in [-0.4, -0.2) is 6.29 Å². The molecule has 0 N–H and O–H groups in total. The molecule has 1 heterocycles. The molecule has 1 nitrogen and oxygen atoms in total. The number of rotatable bonds is 1. The second kappa shape index (κ2) is 3.24. The van der Waals surface area contributed by atoms with Crippen LogP contribution in [0.4, 0.5) is 0 Å². The molecule has 13 heavy (non-hydrogen) atoms. The van der Waals surface area contributed by atoms with Crippen LogP contribution in [0.2, 0.25) is 0 Å². The number of carbonyl (C=O) groups excluding carboxylic acids is 1. The van der Waals surface area contributed by atoms with Crippen molar-refractivity contribution in [3.05, 3.63) is 33.1 Å². The summed E-state index contributed by atoms with van der Waals surface area (Å²) in [5.74, 6) is 0. The van der Waals surface area contributed by atoms with Crippen molar-refractivity contribution in [3.8, 4) is 0 Å². The van der Waals surface area contributed by atoms with E-state index in [1.165, 1.54) is 10.1 Å². The van der Waals surface area contributed by atoms with Gasteiger partial charge in [-0.25, -0.2) is 0 Å². The van der Waals surface area contributed by atoms with Crippen molar-refractivity contribution in [2.75, 3.05) is 0 Å². The van der Waals surface area contributed by atoms with Gasteiger partial charge in [0.1, 0.15) is 0 Å². The van der Waals surface area contributed by atoms with Crippen LogP contribution in [0.5, 0.6) is 0 Å². The van der Waals surface area contributed by atoms with E-state index in [9.17, 15) is 4.79 Å². The highest BCUT2D eigenvalue weighted by Crippen LogP contribution is 2.31. The molecule has 2 rings (SSSR count). The number of benzene rings is 1. The third-order valence-electron chi connectivity index (χ3n) is 2.14. The lowest BCUT2D eigenvalue weighted by Crippen LogP contribution is -1.88. The highest BCUT2D eigenvalue weighted by atomic mass is 79.9. The molecule has 3 heteroatoms. The Hall–Kier alpha value is -0.670. The van der Waals surface area contributed by atoms with Gasteiger partial charge in [0.15, 0.2) is 6.29 Å².